The summed E-state index contributed by atoms with van der Waals surface area (Å²) < 4.78 is 1.29. The molecular formula is C17H17N5O3S. The maximum atomic E-state index is 12.7. The molecule has 1 aromatic carbocycles. The zero-order valence-corrected chi connectivity index (χ0v) is 15.0. The van der Waals surface area contributed by atoms with Gasteiger partial charge in [0.25, 0.3) is 11.6 Å². The van der Waals surface area contributed by atoms with E-state index in [4.69, 9.17) is 0 Å². The summed E-state index contributed by atoms with van der Waals surface area (Å²) >= 11 is 1.56. The summed E-state index contributed by atoms with van der Waals surface area (Å²) in [6.45, 7) is 4.03. The molecule has 2 aromatic heterocycles. The molecule has 1 N–H and O–H groups in total. The SMILES string of the molecule is CC(C)[C@H](NC(=O)c1ccc(-n2cncn2)c([N+](=O)[O-])c1)c1cccs1. The minimum Gasteiger partial charge on any atom is -0.344 e. The molecule has 3 aromatic rings. The van der Waals surface area contributed by atoms with Crippen LogP contribution in [0.5, 0.6) is 0 Å². The van der Waals surface area contributed by atoms with Gasteiger partial charge >= 0.3 is 0 Å². The number of aromatic nitrogens is 3. The van der Waals surface area contributed by atoms with Gasteiger partial charge in [-0.2, -0.15) is 5.10 Å². The predicted octanol–water partition coefficient (Wildman–Crippen LogP) is 3.36. The number of amides is 1. The van der Waals surface area contributed by atoms with Gasteiger partial charge in [-0.1, -0.05) is 19.9 Å². The zero-order chi connectivity index (χ0) is 18.7. The molecule has 0 unspecified atom stereocenters. The lowest BCUT2D eigenvalue weighted by molar-refractivity contribution is -0.384. The Hall–Kier alpha value is -3.07. The van der Waals surface area contributed by atoms with Crippen LogP contribution in [0.1, 0.15) is 35.1 Å². The highest BCUT2D eigenvalue weighted by molar-refractivity contribution is 7.10. The molecule has 0 saturated heterocycles. The number of carbonyl (C=O) groups is 1. The van der Waals surface area contributed by atoms with E-state index < -0.39 is 4.92 Å². The molecule has 0 bridgehead atoms. The van der Waals surface area contributed by atoms with Crippen LogP contribution in [0, 0.1) is 16.0 Å². The second kappa shape index (κ2) is 7.44. The molecule has 9 heteroatoms. The normalized spacial score (nSPS) is 12.1. The third-order valence-corrected chi connectivity index (χ3v) is 4.86. The van der Waals surface area contributed by atoms with Crippen LogP contribution in [0.2, 0.25) is 0 Å². The Morgan fingerprint density at radius 1 is 1.35 bits per heavy atom. The molecule has 0 aliphatic heterocycles. The Bertz CT molecular complexity index is 907. The van der Waals surface area contributed by atoms with Gasteiger partial charge in [-0.05, 0) is 29.5 Å². The first-order valence-electron chi connectivity index (χ1n) is 7.95. The van der Waals surface area contributed by atoms with E-state index in [1.54, 1.807) is 17.4 Å². The second-order valence-electron chi connectivity index (χ2n) is 6.01. The van der Waals surface area contributed by atoms with E-state index in [1.165, 1.54) is 29.5 Å². The molecule has 1 amide bonds. The number of nitro benzene ring substituents is 1. The lowest BCUT2D eigenvalue weighted by atomic mass is 10.0. The Labute approximate surface area is 153 Å². The number of nitro groups is 1. The summed E-state index contributed by atoms with van der Waals surface area (Å²) in [7, 11) is 0. The van der Waals surface area contributed by atoms with Gasteiger partial charge in [0.2, 0.25) is 0 Å². The molecular weight excluding hydrogens is 354 g/mol. The highest BCUT2D eigenvalue weighted by Gasteiger charge is 2.23. The van der Waals surface area contributed by atoms with E-state index in [2.05, 4.69) is 15.4 Å². The fourth-order valence-corrected chi connectivity index (χ4v) is 3.55. The molecule has 0 fully saturated rings. The van der Waals surface area contributed by atoms with Crippen molar-refractivity contribution in [2.75, 3.05) is 0 Å². The van der Waals surface area contributed by atoms with Crippen molar-refractivity contribution in [3.63, 3.8) is 0 Å². The summed E-state index contributed by atoms with van der Waals surface area (Å²) in [4.78, 5) is 28.4. The molecule has 0 saturated carbocycles. The molecule has 26 heavy (non-hydrogen) atoms. The fraction of sp³-hybridized carbons (Fsp3) is 0.235. The van der Waals surface area contributed by atoms with E-state index in [9.17, 15) is 14.9 Å². The lowest BCUT2D eigenvalue weighted by Gasteiger charge is -2.21. The van der Waals surface area contributed by atoms with Crippen LogP contribution in [0.3, 0.4) is 0 Å². The summed E-state index contributed by atoms with van der Waals surface area (Å²) in [5.41, 5.74) is 0.269. The smallest absolute Gasteiger partial charge is 0.295 e. The van der Waals surface area contributed by atoms with Crippen molar-refractivity contribution in [2.45, 2.75) is 19.9 Å². The minimum atomic E-state index is -0.535. The number of carbonyl (C=O) groups excluding carboxylic acids is 1. The van der Waals surface area contributed by atoms with Crippen molar-refractivity contribution in [3.05, 3.63) is 68.9 Å². The third-order valence-electron chi connectivity index (χ3n) is 3.90. The molecule has 134 valence electrons. The van der Waals surface area contributed by atoms with Crippen molar-refractivity contribution in [1.29, 1.82) is 0 Å². The molecule has 0 spiro atoms. The first-order valence-corrected chi connectivity index (χ1v) is 8.83. The van der Waals surface area contributed by atoms with Crippen LogP contribution < -0.4 is 5.32 Å². The van der Waals surface area contributed by atoms with Gasteiger partial charge in [-0.25, -0.2) is 9.67 Å². The second-order valence-corrected chi connectivity index (χ2v) is 6.99. The van der Waals surface area contributed by atoms with E-state index in [0.717, 1.165) is 4.88 Å². The summed E-state index contributed by atoms with van der Waals surface area (Å²) in [5.74, 6) is -0.174. The topological polar surface area (TPSA) is 103 Å². The number of rotatable bonds is 6. The number of benzene rings is 1. The number of hydrogen-bond donors (Lipinski definition) is 1. The first-order chi connectivity index (χ1) is 12.5. The number of hydrogen-bond acceptors (Lipinski definition) is 6. The maximum absolute atomic E-state index is 12.7. The minimum absolute atomic E-state index is 0.156. The van der Waals surface area contributed by atoms with Crippen molar-refractivity contribution in [3.8, 4) is 5.69 Å². The number of nitrogens with zero attached hydrogens (tertiary/aromatic N) is 4. The first kappa shape index (κ1) is 17.7. The standard InChI is InChI=1S/C17H17N5O3S/c1-11(2)16(15-4-3-7-26-15)20-17(23)12-5-6-13(14(8-12)22(24)25)21-10-18-9-19-21/h3-11,16H,1-2H3,(H,20,23)/t16-/m0/s1. The fourth-order valence-electron chi connectivity index (χ4n) is 2.60. The average molecular weight is 371 g/mol. The van der Waals surface area contributed by atoms with Crippen LogP contribution in [-0.4, -0.2) is 25.6 Å². The Morgan fingerprint density at radius 2 is 2.15 bits per heavy atom. The van der Waals surface area contributed by atoms with Gasteiger partial charge in [0.1, 0.15) is 18.3 Å². The highest BCUT2D eigenvalue weighted by Crippen LogP contribution is 2.27. The van der Waals surface area contributed by atoms with Crippen molar-refractivity contribution >= 4 is 22.9 Å². The lowest BCUT2D eigenvalue weighted by Crippen LogP contribution is -2.31. The molecule has 8 nitrogen and oxygen atoms in total. The maximum Gasteiger partial charge on any atom is 0.295 e. The van der Waals surface area contributed by atoms with Crippen LogP contribution in [0.4, 0.5) is 5.69 Å². The largest absolute Gasteiger partial charge is 0.344 e. The predicted molar refractivity (Wildman–Crippen MR) is 97.4 cm³/mol. The third kappa shape index (κ3) is 3.62. The molecule has 0 radical (unpaired) electrons. The Kier molecular flexibility index (Phi) is 5.08. The molecule has 0 aliphatic rings. The van der Waals surface area contributed by atoms with E-state index >= 15 is 0 Å². The van der Waals surface area contributed by atoms with Crippen molar-refractivity contribution in [2.24, 2.45) is 5.92 Å². The van der Waals surface area contributed by atoms with Crippen molar-refractivity contribution in [1.82, 2.24) is 20.1 Å². The summed E-state index contributed by atoms with van der Waals surface area (Å²) in [6, 6.07) is 8.04. The van der Waals surface area contributed by atoms with Gasteiger partial charge in [0, 0.05) is 16.5 Å². The van der Waals surface area contributed by atoms with Crippen LogP contribution in [0.15, 0.2) is 48.4 Å². The molecule has 3 rings (SSSR count). The summed E-state index contributed by atoms with van der Waals surface area (Å²) in [5, 5.41) is 20.3. The Morgan fingerprint density at radius 3 is 2.73 bits per heavy atom. The van der Waals surface area contributed by atoms with Crippen LogP contribution in [0.25, 0.3) is 5.69 Å². The quantitative estimate of drug-likeness (QED) is 0.528. The van der Waals surface area contributed by atoms with Crippen LogP contribution >= 0.6 is 11.3 Å². The number of nitrogens with one attached hydrogen (secondary N) is 1. The number of thiophene rings is 1. The van der Waals surface area contributed by atoms with Crippen LogP contribution in [-0.2, 0) is 0 Å². The van der Waals surface area contributed by atoms with E-state index in [-0.39, 0.29) is 34.8 Å². The molecule has 0 aliphatic carbocycles. The van der Waals surface area contributed by atoms with Gasteiger partial charge in [0.05, 0.1) is 11.0 Å². The molecule has 1 atom stereocenters. The van der Waals surface area contributed by atoms with Gasteiger partial charge in [-0.15, -0.1) is 11.3 Å². The highest BCUT2D eigenvalue weighted by atomic mass is 32.1. The average Bonchev–Trinajstić information content (AvgIpc) is 3.32. The monoisotopic (exact) mass is 371 g/mol. The zero-order valence-electron chi connectivity index (χ0n) is 14.2. The molecule has 2 heterocycles. The van der Waals surface area contributed by atoms with Crippen molar-refractivity contribution < 1.29 is 9.72 Å². The van der Waals surface area contributed by atoms with E-state index in [1.807, 2.05) is 31.4 Å². The Balaban J connectivity index is 1.90. The summed E-state index contributed by atoms with van der Waals surface area (Å²) in [6.07, 6.45) is 2.66. The van der Waals surface area contributed by atoms with Gasteiger partial charge in [-0.3, -0.25) is 14.9 Å². The van der Waals surface area contributed by atoms with E-state index in [0.29, 0.717) is 0 Å². The van der Waals surface area contributed by atoms with Gasteiger partial charge in [0.15, 0.2) is 0 Å². The van der Waals surface area contributed by atoms with Gasteiger partial charge < -0.3 is 5.32 Å².